The molecule has 2 aliphatic rings. The molecule has 3 unspecified atom stereocenters. The minimum Gasteiger partial charge on any atom is -0.378 e. The second kappa shape index (κ2) is 6.02. The van der Waals surface area contributed by atoms with E-state index in [0.29, 0.717) is 24.6 Å². The first kappa shape index (κ1) is 13.8. The molecule has 0 aliphatic carbocycles. The van der Waals surface area contributed by atoms with Crippen LogP contribution in [0.5, 0.6) is 0 Å². The van der Waals surface area contributed by atoms with E-state index in [1.54, 1.807) is 0 Å². The summed E-state index contributed by atoms with van der Waals surface area (Å²) in [5.41, 5.74) is 0. The molecule has 0 bridgehead atoms. The summed E-state index contributed by atoms with van der Waals surface area (Å²) >= 11 is 0. The van der Waals surface area contributed by atoms with Crippen LogP contribution in [0.15, 0.2) is 0 Å². The summed E-state index contributed by atoms with van der Waals surface area (Å²) in [4.78, 5) is 14.2. The van der Waals surface area contributed by atoms with Crippen LogP contribution in [0.1, 0.15) is 40.0 Å². The summed E-state index contributed by atoms with van der Waals surface area (Å²) in [6, 6.07) is 0.0346. The van der Waals surface area contributed by atoms with Crippen LogP contribution in [0.3, 0.4) is 0 Å². The van der Waals surface area contributed by atoms with Gasteiger partial charge in [-0.1, -0.05) is 20.8 Å². The van der Waals surface area contributed by atoms with E-state index in [0.717, 1.165) is 32.4 Å². The molecule has 0 radical (unpaired) electrons. The normalized spacial score (nSPS) is 32.8. The highest BCUT2D eigenvalue weighted by Gasteiger charge is 2.35. The van der Waals surface area contributed by atoms with Crippen molar-refractivity contribution >= 4 is 5.91 Å². The second-order valence-corrected chi connectivity index (χ2v) is 5.97. The van der Waals surface area contributed by atoms with Crippen LogP contribution in [0.25, 0.3) is 0 Å². The zero-order valence-electron chi connectivity index (χ0n) is 11.8. The molecule has 1 amide bonds. The van der Waals surface area contributed by atoms with Crippen LogP contribution in [0, 0.1) is 11.8 Å². The van der Waals surface area contributed by atoms with Gasteiger partial charge in [-0.05, 0) is 25.2 Å². The average Bonchev–Trinajstić information content (AvgIpc) is 2.90. The van der Waals surface area contributed by atoms with Crippen molar-refractivity contribution in [1.29, 1.82) is 0 Å². The number of rotatable bonds is 5. The summed E-state index contributed by atoms with van der Waals surface area (Å²) in [6.07, 6.45) is 3.43. The van der Waals surface area contributed by atoms with Gasteiger partial charge in [0.25, 0.3) is 0 Å². The van der Waals surface area contributed by atoms with Gasteiger partial charge in [0.15, 0.2) is 0 Å². The van der Waals surface area contributed by atoms with Gasteiger partial charge in [0.2, 0.25) is 5.91 Å². The molecule has 2 fully saturated rings. The molecule has 2 saturated heterocycles. The first-order chi connectivity index (χ1) is 8.61. The Balaban J connectivity index is 1.85. The smallest absolute Gasteiger partial charge is 0.240 e. The van der Waals surface area contributed by atoms with E-state index >= 15 is 0 Å². The molecule has 2 rings (SSSR count). The zero-order valence-corrected chi connectivity index (χ0v) is 11.8. The van der Waals surface area contributed by atoms with Gasteiger partial charge in [-0.25, -0.2) is 0 Å². The Morgan fingerprint density at radius 3 is 2.94 bits per heavy atom. The Labute approximate surface area is 110 Å². The summed E-state index contributed by atoms with van der Waals surface area (Å²) in [5.74, 6) is 1.37. The third kappa shape index (κ3) is 3.04. The van der Waals surface area contributed by atoms with E-state index in [4.69, 9.17) is 4.74 Å². The highest BCUT2D eigenvalue weighted by atomic mass is 16.5. The number of nitrogens with zero attached hydrogens (tertiary/aromatic N) is 1. The lowest BCUT2D eigenvalue weighted by Crippen LogP contribution is -2.36. The minimum atomic E-state index is 0.0346. The molecule has 4 nitrogen and oxygen atoms in total. The maximum Gasteiger partial charge on any atom is 0.240 e. The molecule has 0 spiro atoms. The van der Waals surface area contributed by atoms with E-state index in [1.807, 2.05) is 4.90 Å². The third-order valence-corrected chi connectivity index (χ3v) is 4.05. The van der Waals surface area contributed by atoms with Gasteiger partial charge in [0.1, 0.15) is 0 Å². The number of carbonyl (C=O) groups excluding carboxylic acids is 1. The molecule has 18 heavy (non-hydrogen) atoms. The van der Waals surface area contributed by atoms with Crippen molar-refractivity contribution in [3.8, 4) is 0 Å². The van der Waals surface area contributed by atoms with Crippen molar-refractivity contribution in [2.24, 2.45) is 11.8 Å². The van der Waals surface area contributed by atoms with Crippen LogP contribution >= 0.6 is 0 Å². The number of amides is 1. The summed E-state index contributed by atoms with van der Waals surface area (Å²) < 4.78 is 5.69. The molecule has 0 aromatic rings. The van der Waals surface area contributed by atoms with Gasteiger partial charge in [-0.3, -0.25) is 10.1 Å². The van der Waals surface area contributed by atoms with Crippen LogP contribution < -0.4 is 5.32 Å². The van der Waals surface area contributed by atoms with E-state index < -0.39 is 0 Å². The molecule has 1 N–H and O–H groups in total. The quantitative estimate of drug-likeness (QED) is 0.810. The average molecular weight is 254 g/mol. The Morgan fingerprint density at radius 2 is 2.28 bits per heavy atom. The second-order valence-electron chi connectivity index (χ2n) is 5.97. The van der Waals surface area contributed by atoms with Crippen molar-refractivity contribution in [2.45, 2.75) is 52.2 Å². The Hall–Kier alpha value is -0.610. The number of nitrogens with one attached hydrogen (secondary N) is 1. The van der Waals surface area contributed by atoms with Crippen molar-refractivity contribution in [3.05, 3.63) is 0 Å². The SMILES string of the molecule is CCC1OCCC1CN1CNC(CC(C)C)C1=O. The molecule has 2 heterocycles. The maximum atomic E-state index is 12.2. The fraction of sp³-hybridized carbons (Fsp3) is 0.929. The standard InChI is InChI=1S/C14H26N2O2/c1-4-13-11(5-6-18-13)8-16-9-15-12(14(16)17)7-10(2)3/h10-13,15H,4-9H2,1-3H3. The number of hydrogen-bond acceptors (Lipinski definition) is 3. The fourth-order valence-electron chi connectivity index (χ4n) is 3.05. The number of ether oxygens (including phenoxy) is 1. The van der Waals surface area contributed by atoms with Crippen molar-refractivity contribution in [3.63, 3.8) is 0 Å². The maximum absolute atomic E-state index is 12.2. The molecule has 4 heteroatoms. The van der Waals surface area contributed by atoms with Crippen molar-refractivity contribution in [1.82, 2.24) is 10.2 Å². The highest BCUT2D eigenvalue weighted by molar-refractivity contribution is 5.83. The Morgan fingerprint density at radius 1 is 1.50 bits per heavy atom. The molecule has 104 valence electrons. The van der Waals surface area contributed by atoms with Gasteiger partial charge >= 0.3 is 0 Å². The topological polar surface area (TPSA) is 41.6 Å². The van der Waals surface area contributed by atoms with Gasteiger partial charge in [-0.15, -0.1) is 0 Å². The molecule has 0 aromatic heterocycles. The van der Waals surface area contributed by atoms with E-state index in [9.17, 15) is 4.79 Å². The third-order valence-electron chi connectivity index (χ3n) is 4.05. The van der Waals surface area contributed by atoms with Crippen molar-refractivity contribution in [2.75, 3.05) is 19.8 Å². The first-order valence-electron chi connectivity index (χ1n) is 7.25. The van der Waals surface area contributed by atoms with Crippen LogP contribution in [0.2, 0.25) is 0 Å². The molecule has 2 aliphatic heterocycles. The van der Waals surface area contributed by atoms with Crippen LogP contribution in [0.4, 0.5) is 0 Å². The predicted molar refractivity (Wildman–Crippen MR) is 71.1 cm³/mol. The zero-order chi connectivity index (χ0) is 13.1. The van der Waals surface area contributed by atoms with Crippen LogP contribution in [-0.4, -0.2) is 42.8 Å². The van der Waals surface area contributed by atoms with Gasteiger partial charge < -0.3 is 9.64 Å². The number of carbonyl (C=O) groups is 1. The lowest BCUT2D eigenvalue weighted by Gasteiger charge is -2.23. The molecular weight excluding hydrogens is 228 g/mol. The number of hydrogen-bond donors (Lipinski definition) is 1. The van der Waals surface area contributed by atoms with Gasteiger partial charge in [0, 0.05) is 19.1 Å². The van der Waals surface area contributed by atoms with Crippen LogP contribution in [-0.2, 0) is 9.53 Å². The largest absolute Gasteiger partial charge is 0.378 e. The molecule has 0 saturated carbocycles. The summed E-state index contributed by atoms with van der Waals surface area (Å²) in [5, 5.41) is 3.33. The summed E-state index contributed by atoms with van der Waals surface area (Å²) in [7, 11) is 0. The van der Waals surface area contributed by atoms with Crippen molar-refractivity contribution < 1.29 is 9.53 Å². The lowest BCUT2D eigenvalue weighted by atomic mass is 9.98. The summed E-state index contributed by atoms with van der Waals surface area (Å²) in [6.45, 7) is 8.91. The van der Waals surface area contributed by atoms with E-state index in [1.165, 1.54) is 0 Å². The van der Waals surface area contributed by atoms with E-state index in [2.05, 4.69) is 26.1 Å². The van der Waals surface area contributed by atoms with E-state index in [-0.39, 0.29) is 11.9 Å². The molecule has 3 atom stereocenters. The predicted octanol–water partition coefficient (Wildman–Crippen LogP) is 1.61. The minimum absolute atomic E-state index is 0.0346. The Bertz CT molecular complexity index is 294. The molecule has 0 aromatic carbocycles. The van der Waals surface area contributed by atoms with Gasteiger partial charge in [-0.2, -0.15) is 0 Å². The Kier molecular flexibility index (Phi) is 4.62. The lowest BCUT2D eigenvalue weighted by molar-refractivity contribution is -0.129. The van der Waals surface area contributed by atoms with Gasteiger partial charge in [0.05, 0.1) is 18.8 Å². The fourth-order valence-corrected chi connectivity index (χ4v) is 3.05. The highest BCUT2D eigenvalue weighted by Crippen LogP contribution is 2.25. The first-order valence-corrected chi connectivity index (χ1v) is 7.25. The monoisotopic (exact) mass is 254 g/mol. The molecular formula is C14H26N2O2.